The van der Waals surface area contributed by atoms with Crippen LogP contribution in [-0.2, 0) is 0 Å². The molecule has 3 aliphatic heterocycles. The largest absolute Gasteiger partial charge is 0.355 e. The van der Waals surface area contributed by atoms with Crippen LogP contribution in [-0.4, -0.2) is 15.8 Å². The molecule has 0 aromatic carbocycles. The van der Waals surface area contributed by atoms with Crippen LogP contribution in [0.25, 0.3) is 0 Å². The summed E-state index contributed by atoms with van der Waals surface area (Å²) in [7, 11) is 0. The highest BCUT2D eigenvalue weighted by Crippen LogP contribution is 2.74. The Morgan fingerprint density at radius 2 is 1.88 bits per heavy atom. The van der Waals surface area contributed by atoms with Crippen molar-refractivity contribution in [3.05, 3.63) is 68.8 Å². The third-order valence-electron chi connectivity index (χ3n) is 10.5. The van der Waals surface area contributed by atoms with Gasteiger partial charge in [0, 0.05) is 33.4 Å². The third-order valence-corrected chi connectivity index (χ3v) is 11.9. The normalized spacial score (nSPS) is 40.8. The summed E-state index contributed by atoms with van der Waals surface area (Å²) >= 11 is 2.17. The number of rotatable bonds is 3. The number of thioether (sulfide) groups is 1. The van der Waals surface area contributed by atoms with E-state index in [4.69, 9.17) is 0 Å². The van der Waals surface area contributed by atoms with Crippen molar-refractivity contribution in [3.63, 3.8) is 0 Å². The smallest absolute Gasteiger partial charge is 0.0866 e. The zero-order valence-corrected chi connectivity index (χ0v) is 23.4. The average molecular weight is 474 g/mol. The van der Waals surface area contributed by atoms with E-state index in [-0.39, 0.29) is 11.0 Å². The van der Waals surface area contributed by atoms with Gasteiger partial charge in [-0.3, -0.25) is 0 Å². The number of piperidine rings is 1. The summed E-state index contributed by atoms with van der Waals surface area (Å²) in [5.74, 6) is 1.87. The lowest BCUT2D eigenvalue weighted by Gasteiger charge is -2.54. The summed E-state index contributed by atoms with van der Waals surface area (Å²) in [5.41, 5.74) is 10.5. The predicted octanol–water partition coefficient (Wildman–Crippen LogP) is 8.94. The summed E-state index contributed by atoms with van der Waals surface area (Å²) in [4.78, 5) is 4.48. The van der Waals surface area contributed by atoms with E-state index in [0.29, 0.717) is 28.5 Å². The van der Waals surface area contributed by atoms with E-state index in [9.17, 15) is 0 Å². The Labute approximate surface area is 212 Å². The fourth-order valence-electron chi connectivity index (χ4n) is 8.05. The first-order valence-electron chi connectivity index (χ1n) is 13.7. The zero-order chi connectivity index (χ0) is 24.2. The minimum atomic E-state index is 0.261. The summed E-state index contributed by atoms with van der Waals surface area (Å²) in [6.45, 7) is 19.5. The van der Waals surface area contributed by atoms with Crippen molar-refractivity contribution in [1.82, 2.24) is 4.90 Å². The van der Waals surface area contributed by atoms with Crippen LogP contribution in [0.3, 0.4) is 0 Å². The van der Waals surface area contributed by atoms with Crippen LogP contribution in [0.15, 0.2) is 68.8 Å². The lowest BCUT2D eigenvalue weighted by molar-refractivity contribution is 0.118. The first-order chi connectivity index (χ1) is 16.0. The molecule has 6 aliphatic rings. The molecule has 0 bridgehead atoms. The fourth-order valence-corrected chi connectivity index (χ4v) is 9.65. The van der Waals surface area contributed by atoms with Crippen molar-refractivity contribution < 1.29 is 0 Å². The highest BCUT2D eigenvalue weighted by atomic mass is 32.2. The quantitative estimate of drug-likeness (QED) is 0.402. The molecule has 0 spiro atoms. The number of hydrogen-bond acceptors (Lipinski definition) is 2. The third kappa shape index (κ3) is 3.06. The summed E-state index contributed by atoms with van der Waals surface area (Å²) in [6.07, 6.45) is 19.0. The van der Waals surface area contributed by atoms with Gasteiger partial charge in [-0.1, -0.05) is 81.7 Å². The standard InChI is InChI=1S/C32H43NS/c1-9-30(5,6)24-15-21(4)28-25(17-24)26-11-10-22-16-27(23-13-19(2)12-20(3)14-23)34-29(22)33(26)32(8)18-31(28,32)7/h11,13-16,19,22,25,29H,9-10,12,17-18H2,1-8H3. The van der Waals surface area contributed by atoms with Crippen LogP contribution in [0.2, 0.25) is 0 Å². The van der Waals surface area contributed by atoms with Crippen LogP contribution in [0.1, 0.15) is 87.5 Å². The Morgan fingerprint density at radius 1 is 1.12 bits per heavy atom. The van der Waals surface area contributed by atoms with E-state index < -0.39 is 0 Å². The molecular formula is C32H43NS. The molecule has 0 aromatic heterocycles. The van der Waals surface area contributed by atoms with Crippen LogP contribution < -0.4 is 0 Å². The van der Waals surface area contributed by atoms with Crippen molar-refractivity contribution in [3.8, 4) is 0 Å². The highest BCUT2D eigenvalue weighted by molar-refractivity contribution is 8.04. The van der Waals surface area contributed by atoms with E-state index in [1.807, 2.05) is 0 Å². The van der Waals surface area contributed by atoms with Gasteiger partial charge in [0.1, 0.15) is 0 Å². The van der Waals surface area contributed by atoms with E-state index >= 15 is 0 Å². The van der Waals surface area contributed by atoms with Crippen LogP contribution in [0.5, 0.6) is 0 Å². The molecular weight excluding hydrogens is 430 g/mol. The number of hydrogen-bond donors (Lipinski definition) is 0. The van der Waals surface area contributed by atoms with Crippen molar-refractivity contribution >= 4 is 11.8 Å². The molecule has 1 saturated heterocycles. The topological polar surface area (TPSA) is 3.24 Å². The van der Waals surface area contributed by atoms with Gasteiger partial charge >= 0.3 is 0 Å². The summed E-state index contributed by atoms with van der Waals surface area (Å²) < 4.78 is 0. The van der Waals surface area contributed by atoms with Crippen LogP contribution in [0.4, 0.5) is 0 Å². The number of nitrogens with zero attached hydrogens (tertiary/aromatic N) is 1. The second kappa shape index (κ2) is 7.31. The first kappa shape index (κ1) is 23.0. The Bertz CT molecular complexity index is 1140. The summed E-state index contributed by atoms with van der Waals surface area (Å²) in [5, 5.41) is 0.559. The van der Waals surface area contributed by atoms with Gasteiger partial charge < -0.3 is 4.90 Å². The van der Waals surface area contributed by atoms with Crippen molar-refractivity contribution in [2.75, 3.05) is 0 Å². The van der Waals surface area contributed by atoms with E-state index in [1.165, 1.54) is 48.2 Å². The molecule has 2 fully saturated rings. The highest BCUT2D eigenvalue weighted by Gasteiger charge is 2.73. The average Bonchev–Trinajstić information content (AvgIpc) is 3.13. The Kier molecular flexibility index (Phi) is 4.95. The van der Waals surface area contributed by atoms with E-state index in [1.54, 1.807) is 22.4 Å². The second-order valence-electron chi connectivity index (χ2n) is 13.3. The molecule has 6 rings (SSSR count). The molecule has 0 amide bonds. The SMILES string of the molecule is CCC(C)(C)C1=CC(C)=C2C(C1)C1=CCC3C=C(C4=CC(C)CC(C)=C4)SC3N1C1(C)CC21C. The number of fused-ring (bicyclic) bond motifs is 8. The molecule has 3 aliphatic carbocycles. The molecule has 6 atom stereocenters. The van der Waals surface area contributed by atoms with Gasteiger partial charge in [0.2, 0.25) is 0 Å². The van der Waals surface area contributed by atoms with Crippen molar-refractivity contribution in [1.29, 1.82) is 0 Å². The predicted molar refractivity (Wildman–Crippen MR) is 147 cm³/mol. The van der Waals surface area contributed by atoms with Gasteiger partial charge in [-0.25, -0.2) is 0 Å². The maximum absolute atomic E-state index is 2.95. The minimum absolute atomic E-state index is 0.261. The molecule has 0 aromatic rings. The lowest BCUT2D eigenvalue weighted by atomic mass is 9.65. The molecule has 3 heterocycles. The maximum Gasteiger partial charge on any atom is 0.0866 e. The maximum atomic E-state index is 2.95. The molecule has 1 saturated carbocycles. The molecule has 1 nitrogen and oxygen atoms in total. The number of allylic oxidation sites excluding steroid dienone is 9. The van der Waals surface area contributed by atoms with Gasteiger partial charge in [-0.05, 0) is 75.4 Å². The monoisotopic (exact) mass is 473 g/mol. The van der Waals surface area contributed by atoms with Gasteiger partial charge in [-0.2, -0.15) is 0 Å². The summed E-state index contributed by atoms with van der Waals surface area (Å²) in [6, 6.07) is 0. The lowest BCUT2D eigenvalue weighted by Crippen LogP contribution is -2.54. The van der Waals surface area contributed by atoms with Gasteiger partial charge in [-0.15, -0.1) is 11.8 Å². The molecule has 0 N–H and O–H groups in total. The molecule has 0 radical (unpaired) electrons. The van der Waals surface area contributed by atoms with Gasteiger partial charge in [0.05, 0.1) is 5.37 Å². The zero-order valence-electron chi connectivity index (χ0n) is 22.6. The Morgan fingerprint density at radius 3 is 2.59 bits per heavy atom. The van der Waals surface area contributed by atoms with Crippen LogP contribution in [0, 0.1) is 28.6 Å². The van der Waals surface area contributed by atoms with Crippen LogP contribution >= 0.6 is 11.8 Å². The van der Waals surface area contributed by atoms with E-state index in [2.05, 4.69) is 102 Å². The minimum Gasteiger partial charge on any atom is -0.355 e. The second-order valence-corrected chi connectivity index (χ2v) is 14.4. The van der Waals surface area contributed by atoms with Gasteiger partial charge in [0.15, 0.2) is 0 Å². The van der Waals surface area contributed by atoms with Crippen molar-refractivity contribution in [2.24, 2.45) is 28.6 Å². The molecule has 34 heavy (non-hydrogen) atoms. The molecule has 182 valence electrons. The van der Waals surface area contributed by atoms with Gasteiger partial charge in [0.25, 0.3) is 0 Å². The Balaban J connectivity index is 1.37. The first-order valence-corrected chi connectivity index (χ1v) is 14.6. The fraction of sp³-hybridized carbons (Fsp3) is 0.625. The molecule has 2 heteroatoms. The van der Waals surface area contributed by atoms with Crippen molar-refractivity contribution in [2.45, 2.75) is 98.4 Å². The Hall–Kier alpha value is -1.41. The van der Waals surface area contributed by atoms with E-state index in [0.717, 1.165) is 0 Å². The molecule has 6 unspecified atom stereocenters.